The highest BCUT2D eigenvalue weighted by atomic mass is 16.5. The number of pyridine rings is 1. The molecule has 0 radical (unpaired) electrons. The highest BCUT2D eigenvalue weighted by molar-refractivity contribution is 5.97. The molecule has 0 saturated heterocycles. The van der Waals surface area contributed by atoms with Crippen molar-refractivity contribution in [1.29, 1.82) is 0 Å². The Bertz CT molecular complexity index is 616. The number of fused-ring (bicyclic) bond motifs is 2. The number of aromatic nitrogens is 1. The molecule has 0 aromatic carbocycles. The summed E-state index contributed by atoms with van der Waals surface area (Å²) >= 11 is 0. The molecule has 2 aliphatic heterocycles. The van der Waals surface area contributed by atoms with Crippen LogP contribution in [-0.2, 0) is 9.47 Å². The molecule has 5 nitrogen and oxygen atoms in total. The fourth-order valence-corrected chi connectivity index (χ4v) is 3.96. The van der Waals surface area contributed by atoms with Crippen LogP contribution in [0.5, 0.6) is 0 Å². The minimum atomic E-state index is 0.264. The Balaban J connectivity index is 1.42. The average molecular weight is 297 g/mol. The van der Waals surface area contributed by atoms with Crippen molar-refractivity contribution in [2.45, 2.75) is 62.8 Å². The van der Waals surface area contributed by atoms with Crippen LogP contribution in [0.2, 0.25) is 0 Å². The second kappa shape index (κ2) is 4.80. The van der Waals surface area contributed by atoms with Crippen LogP contribution in [0.15, 0.2) is 28.2 Å². The average Bonchev–Trinajstić information content (AvgIpc) is 3.26. The predicted molar refractivity (Wildman–Crippen MR) is 82.3 cm³/mol. The highest BCUT2D eigenvalue weighted by Gasteiger charge is 2.37. The first-order valence-electron chi connectivity index (χ1n) is 8.33. The Hall–Kier alpha value is -1.91. The number of rotatable bonds is 2. The summed E-state index contributed by atoms with van der Waals surface area (Å²) in [4.78, 5) is 14.1. The molecule has 1 aromatic rings. The number of hydrogen-bond acceptors (Lipinski definition) is 5. The minimum Gasteiger partial charge on any atom is -0.471 e. The van der Waals surface area contributed by atoms with Crippen molar-refractivity contribution in [3.05, 3.63) is 29.6 Å². The van der Waals surface area contributed by atoms with E-state index < -0.39 is 0 Å². The van der Waals surface area contributed by atoms with E-state index in [1.54, 1.807) is 0 Å². The van der Waals surface area contributed by atoms with Crippen molar-refractivity contribution in [3.8, 4) is 0 Å². The van der Waals surface area contributed by atoms with E-state index in [-0.39, 0.29) is 12.2 Å². The molecule has 5 heteroatoms. The molecular formula is C17H19N3O2. The Morgan fingerprint density at radius 2 is 1.32 bits per heavy atom. The third kappa shape index (κ3) is 1.95. The maximum atomic E-state index is 5.97. The summed E-state index contributed by atoms with van der Waals surface area (Å²) in [6, 6.07) is 6.57. The maximum absolute atomic E-state index is 5.97. The molecule has 0 spiro atoms. The van der Waals surface area contributed by atoms with Gasteiger partial charge in [-0.2, -0.15) is 0 Å². The molecule has 0 bridgehead atoms. The fourth-order valence-electron chi connectivity index (χ4n) is 3.96. The largest absolute Gasteiger partial charge is 0.471 e. The van der Waals surface area contributed by atoms with Crippen LogP contribution < -0.4 is 0 Å². The van der Waals surface area contributed by atoms with Gasteiger partial charge in [0.15, 0.2) is 0 Å². The molecule has 0 unspecified atom stereocenters. The Labute approximate surface area is 129 Å². The molecule has 114 valence electrons. The summed E-state index contributed by atoms with van der Waals surface area (Å²) in [7, 11) is 0. The van der Waals surface area contributed by atoms with Crippen LogP contribution >= 0.6 is 0 Å². The van der Waals surface area contributed by atoms with Gasteiger partial charge in [0.1, 0.15) is 23.6 Å². The van der Waals surface area contributed by atoms with Gasteiger partial charge in [-0.1, -0.05) is 6.07 Å². The molecule has 4 aliphatic rings. The summed E-state index contributed by atoms with van der Waals surface area (Å²) in [6.45, 7) is 0. The lowest BCUT2D eigenvalue weighted by molar-refractivity contribution is 0.210. The smallest absolute Gasteiger partial charge is 0.236 e. The summed E-state index contributed by atoms with van der Waals surface area (Å²) in [5.41, 5.74) is 1.60. The van der Waals surface area contributed by atoms with Gasteiger partial charge in [-0.25, -0.2) is 15.0 Å². The first-order chi connectivity index (χ1) is 10.9. The van der Waals surface area contributed by atoms with Crippen LogP contribution in [0.4, 0.5) is 0 Å². The Morgan fingerprint density at radius 1 is 0.773 bits per heavy atom. The number of nitrogens with zero attached hydrogens (tertiary/aromatic N) is 3. The van der Waals surface area contributed by atoms with Gasteiger partial charge < -0.3 is 9.47 Å². The van der Waals surface area contributed by atoms with Crippen LogP contribution in [-0.4, -0.2) is 41.1 Å². The quantitative estimate of drug-likeness (QED) is 0.842. The van der Waals surface area contributed by atoms with Crippen molar-refractivity contribution in [1.82, 2.24) is 4.98 Å². The second-order valence-corrected chi connectivity index (χ2v) is 6.59. The van der Waals surface area contributed by atoms with E-state index in [1.807, 2.05) is 18.2 Å². The lowest BCUT2D eigenvalue weighted by Crippen LogP contribution is -2.17. The lowest BCUT2D eigenvalue weighted by Gasteiger charge is -2.10. The minimum absolute atomic E-state index is 0.264. The summed E-state index contributed by atoms with van der Waals surface area (Å²) in [6.07, 6.45) is 7.44. The maximum Gasteiger partial charge on any atom is 0.236 e. The molecule has 4 atom stereocenters. The van der Waals surface area contributed by atoms with Gasteiger partial charge in [0.2, 0.25) is 11.8 Å². The molecule has 1 aromatic heterocycles. The Kier molecular flexibility index (Phi) is 2.75. The standard InChI is InChI=1S/C17H19N3O2/c1-6-12(16-19-10-4-2-8-14(10)21-16)18-13(7-1)17-20-11-5-3-9-15(11)22-17/h1,6-7,10-11,14-15H,2-5,8-9H2/t10-,11-,14+,15+/m0/s1. The van der Waals surface area contributed by atoms with E-state index >= 15 is 0 Å². The molecule has 22 heavy (non-hydrogen) atoms. The van der Waals surface area contributed by atoms with Crippen molar-refractivity contribution in [3.63, 3.8) is 0 Å². The van der Waals surface area contributed by atoms with Gasteiger partial charge in [-0.3, -0.25) is 0 Å². The lowest BCUT2D eigenvalue weighted by atomic mass is 10.2. The molecule has 2 fully saturated rings. The van der Waals surface area contributed by atoms with E-state index in [0.29, 0.717) is 23.9 Å². The van der Waals surface area contributed by atoms with Crippen LogP contribution in [0, 0.1) is 0 Å². The van der Waals surface area contributed by atoms with E-state index in [2.05, 4.69) is 4.98 Å². The van der Waals surface area contributed by atoms with E-state index in [1.165, 1.54) is 12.8 Å². The number of aliphatic imine (C=N–C) groups is 2. The molecule has 5 rings (SSSR count). The Morgan fingerprint density at radius 3 is 1.82 bits per heavy atom. The van der Waals surface area contributed by atoms with Gasteiger partial charge in [-0.15, -0.1) is 0 Å². The first-order valence-corrected chi connectivity index (χ1v) is 8.33. The zero-order valence-corrected chi connectivity index (χ0v) is 12.4. The molecule has 2 aliphatic carbocycles. The van der Waals surface area contributed by atoms with Crippen molar-refractivity contribution >= 4 is 11.8 Å². The van der Waals surface area contributed by atoms with E-state index in [9.17, 15) is 0 Å². The summed E-state index contributed by atoms with van der Waals surface area (Å²) < 4.78 is 11.9. The molecular weight excluding hydrogens is 278 g/mol. The van der Waals surface area contributed by atoms with Crippen LogP contribution in [0.25, 0.3) is 0 Å². The zero-order valence-electron chi connectivity index (χ0n) is 12.4. The van der Waals surface area contributed by atoms with Crippen LogP contribution in [0.3, 0.4) is 0 Å². The van der Waals surface area contributed by atoms with Gasteiger partial charge in [0, 0.05) is 0 Å². The van der Waals surface area contributed by atoms with Gasteiger partial charge in [0.05, 0.1) is 12.1 Å². The SMILES string of the molecule is c1cc(C2=N[C@H]3CCC[C@H]3O2)nc(C2=N[C@H]3CCC[C@H]3O2)c1. The monoisotopic (exact) mass is 297 g/mol. The first kappa shape index (κ1) is 12.6. The van der Waals surface area contributed by atoms with Crippen molar-refractivity contribution in [2.75, 3.05) is 0 Å². The third-order valence-electron chi connectivity index (χ3n) is 5.11. The van der Waals surface area contributed by atoms with Gasteiger partial charge >= 0.3 is 0 Å². The normalized spacial score (nSPS) is 35.5. The van der Waals surface area contributed by atoms with E-state index in [4.69, 9.17) is 19.5 Å². The summed E-state index contributed by atoms with van der Waals surface area (Å²) in [5, 5.41) is 0. The zero-order chi connectivity index (χ0) is 14.5. The van der Waals surface area contributed by atoms with Crippen LogP contribution in [0.1, 0.15) is 49.9 Å². The third-order valence-corrected chi connectivity index (χ3v) is 5.11. The highest BCUT2D eigenvalue weighted by Crippen LogP contribution is 2.32. The number of ether oxygens (including phenoxy) is 2. The second-order valence-electron chi connectivity index (χ2n) is 6.59. The van der Waals surface area contributed by atoms with Crippen molar-refractivity contribution in [2.24, 2.45) is 9.98 Å². The molecule has 2 saturated carbocycles. The molecule has 0 N–H and O–H groups in total. The van der Waals surface area contributed by atoms with Gasteiger partial charge in [0.25, 0.3) is 0 Å². The number of hydrogen-bond donors (Lipinski definition) is 0. The van der Waals surface area contributed by atoms with E-state index in [0.717, 1.165) is 37.1 Å². The predicted octanol–water partition coefficient (Wildman–Crippen LogP) is 2.48. The molecule has 0 amide bonds. The summed E-state index contributed by atoms with van der Waals surface area (Å²) in [5.74, 6) is 1.38. The molecule has 3 heterocycles. The topological polar surface area (TPSA) is 56.1 Å². The van der Waals surface area contributed by atoms with Gasteiger partial charge in [-0.05, 0) is 50.7 Å². The van der Waals surface area contributed by atoms with Crippen molar-refractivity contribution < 1.29 is 9.47 Å². The fraction of sp³-hybridized carbons (Fsp3) is 0.588.